The molecule has 0 spiro atoms. The van der Waals surface area contributed by atoms with Crippen molar-refractivity contribution in [2.75, 3.05) is 0 Å². The maximum Gasteiger partial charge on any atom is 0.164 e. The standard InChI is InChI=1S/2C51H33N3.C37H25N3/c1-4-13-37-28-43(25-22-34(37)10-1)40-16-7-19-46(31-40)49-52-50(47-20-8-17-41(32-47)44-26-23-35-11-2-5-14-38(35)29-44)54-51(53-49)48-21-9-18-42(33-48)45-27-24-36-12-3-6-15-39(36)30-45;1-4-10-43-31-46(28-19-34(43)7-1)37-13-22-40(23-14-37)49-52-50(41-24-15-38(16-25-41)47-29-20-35-8-2-5-11-44(35)32-47)54-51(53-49)42-26-17-39(18-27-42)48-30-21-36-9-3-6-12-45(36)33-48;1-3-9-26(10-4-1)29-15-20-31(21-16-29)35-38-36(32-22-17-30(18-23-32)27-11-5-2-6-12-27)40-37(39-35)34-24-19-28-13-7-8-14-33(28)25-34/h2*1-33H;1-25H. The molecule has 0 unspecified atom stereocenters. The van der Waals surface area contributed by atoms with Gasteiger partial charge in [-0.15, -0.1) is 0 Å². The first-order valence-electron chi connectivity index (χ1n) is 49.9. The van der Waals surface area contributed by atoms with E-state index in [0.29, 0.717) is 52.4 Å². The molecule has 0 aliphatic rings. The van der Waals surface area contributed by atoms with E-state index in [2.05, 4.69) is 540 Å². The van der Waals surface area contributed by atoms with Crippen molar-refractivity contribution in [1.82, 2.24) is 44.9 Å². The molecule has 27 aromatic rings. The summed E-state index contributed by atoms with van der Waals surface area (Å²) in [5.41, 5.74) is 26.9. The quantitative estimate of drug-likeness (QED) is 0.0879. The monoisotopic (exact) mass is 1890 g/mol. The summed E-state index contributed by atoms with van der Waals surface area (Å²) in [6.07, 6.45) is 0. The highest BCUT2D eigenvalue weighted by molar-refractivity contribution is 5.96. The highest BCUT2D eigenvalue weighted by Crippen LogP contribution is 2.40. The molecule has 0 N–H and O–H groups in total. The van der Waals surface area contributed by atoms with E-state index < -0.39 is 0 Å². The first-order chi connectivity index (χ1) is 73.2. The zero-order valence-electron chi connectivity index (χ0n) is 80.6. The van der Waals surface area contributed by atoms with Crippen molar-refractivity contribution >= 4 is 75.4 Å². The van der Waals surface area contributed by atoms with Gasteiger partial charge in [-0.2, -0.15) is 0 Å². The summed E-state index contributed by atoms with van der Waals surface area (Å²) in [6.45, 7) is 0. The lowest BCUT2D eigenvalue weighted by Crippen LogP contribution is -2.00. The molecule has 0 bridgehead atoms. The third kappa shape index (κ3) is 19.3. The lowest BCUT2D eigenvalue weighted by molar-refractivity contribution is 1.07. The first kappa shape index (κ1) is 89.5. The molecule has 27 rings (SSSR count). The van der Waals surface area contributed by atoms with Gasteiger partial charge in [0, 0.05) is 50.1 Å². The van der Waals surface area contributed by atoms with Crippen LogP contribution in [0.25, 0.3) is 267 Å². The average Bonchev–Trinajstić information content (AvgIpc) is 0.781. The summed E-state index contributed by atoms with van der Waals surface area (Å²) >= 11 is 0. The van der Waals surface area contributed by atoms with E-state index in [0.717, 1.165) is 117 Å². The highest BCUT2D eigenvalue weighted by atomic mass is 15.1. The molecule has 0 amide bonds. The van der Waals surface area contributed by atoms with Crippen LogP contribution in [0.2, 0.25) is 0 Å². The van der Waals surface area contributed by atoms with E-state index in [4.69, 9.17) is 44.9 Å². The molecule has 0 saturated heterocycles. The Morgan fingerprint density at radius 3 is 0.392 bits per heavy atom. The van der Waals surface area contributed by atoms with Gasteiger partial charge in [-0.3, -0.25) is 0 Å². The van der Waals surface area contributed by atoms with Gasteiger partial charge in [0.05, 0.1) is 0 Å². The van der Waals surface area contributed by atoms with Crippen LogP contribution in [-0.2, 0) is 0 Å². The molecule has 3 heterocycles. The molecule has 0 radical (unpaired) electrons. The van der Waals surface area contributed by atoms with Crippen molar-refractivity contribution in [2.45, 2.75) is 0 Å². The molecule has 0 saturated carbocycles. The molecule has 24 aromatic carbocycles. The van der Waals surface area contributed by atoms with E-state index in [1.165, 1.54) is 97.8 Å². The van der Waals surface area contributed by atoms with Crippen molar-refractivity contribution in [3.63, 3.8) is 0 Å². The van der Waals surface area contributed by atoms with Gasteiger partial charge < -0.3 is 0 Å². The number of hydrogen-bond donors (Lipinski definition) is 0. The molecule has 0 atom stereocenters. The Labute approximate surface area is 857 Å². The fraction of sp³-hybridized carbons (Fsp3) is 0. The van der Waals surface area contributed by atoms with Gasteiger partial charge in [-0.1, -0.05) is 491 Å². The van der Waals surface area contributed by atoms with E-state index >= 15 is 0 Å². The molecule has 148 heavy (non-hydrogen) atoms. The summed E-state index contributed by atoms with van der Waals surface area (Å²) < 4.78 is 0. The zero-order chi connectivity index (χ0) is 98.4. The number of rotatable bonds is 17. The molecular formula is C139H91N9. The predicted octanol–water partition coefficient (Wildman–Crippen LogP) is 36.0. The zero-order valence-corrected chi connectivity index (χ0v) is 80.6. The van der Waals surface area contributed by atoms with Crippen LogP contribution in [-0.4, -0.2) is 44.9 Å². The van der Waals surface area contributed by atoms with Crippen molar-refractivity contribution < 1.29 is 0 Å². The van der Waals surface area contributed by atoms with Crippen LogP contribution in [0, 0.1) is 0 Å². The molecule has 3 aromatic heterocycles. The summed E-state index contributed by atoms with van der Waals surface area (Å²) in [5, 5.41) is 17.0. The highest BCUT2D eigenvalue weighted by Gasteiger charge is 2.21. The molecular weight excluding hydrogens is 1800 g/mol. The summed E-state index contributed by atoms with van der Waals surface area (Å²) in [5.74, 6) is 5.76. The fourth-order valence-corrected chi connectivity index (χ4v) is 19.7. The largest absolute Gasteiger partial charge is 0.208 e. The van der Waals surface area contributed by atoms with Crippen LogP contribution < -0.4 is 0 Å². The van der Waals surface area contributed by atoms with Gasteiger partial charge in [0.1, 0.15) is 0 Å². The lowest BCUT2D eigenvalue weighted by atomic mass is 9.98. The maximum absolute atomic E-state index is 5.16. The summed E-state index contributed by atoms with van der Waals surface area (Å²) in [6, 6.07) is 194. The molecule has 9 nitrogen and oxygen atoms in total. The third-order valence-corrected chi connectivity index (χ3v) is 27.7. The number of aromatic nitrogens is 9. The summed E-state index contributed by atoms with van der Waals surface area (Å²) in [4.78, 5) is 45.5. The Hall–Kier alpha value is -19.9. The summed E-state index contributed by atoms with van der Waals surface area (Å²) in [7, 11) is 0. The van der Waals surface area contributed by atoms with Crippen LogP contribution in [0.5, 0.6) is 0 Å². The minimum absolute atomic E-state index is 0.629. The van der Waals surface area contributed by atoms with E-state index in [-0.39, 0.29) is 0 Å². The van der Waals surface area contributed by atoms with E-state index in [1.54, 1.807) is 0 Å². The van der Waals surface area contributed by atoms with Gasteiger partial charge in [0.15, 0.2) is 52.4 Å². The predicted molar refractivity (Wildman–Crippen MR) is 614 cm³/mol. The number of benzene rings is 24. The number of fused-ring (bicyclic) bond motifs is 7. The molecule has 0 fully saturated rings. The van der Waals surface area contributed by atoms with Crippen LogP contribution in [0.3, 0.4) is 0 Å². The number of hydrogen-bond acceptors (Lipinski definition) is 9. The van der Waals surface area contributed by atoms with Gasteiger partial charge in [-0.25, -0.2) is 44.9 Å². The van der Waals surface area contributed by atoms with Crippen LogP contribution in [0.15, 0.2) is 552 Å². The SMILES string of the molecule is c1cc(-c2ccc3ccccc3c2)cc(-c2nc(-c3cccc(-c4ccc5ccccc5c4)c3)nc(-c3cccc(-c4ccc5ccccc5c4)c3)n2)c1.c1ccc(-c2ccc(-c3nc(-c4ccc(-c5ccccc5)cc4)nc(-c4ccc5ccccc5c4)n3)cc2)cc1.c1ccc2cc(-c3ccc(-c4nc(-c5ccc(-c6ccc7ccccc7c6)cc5)nc(-c5ccc(-c6ccc7ccccc7c6)cc5)n4)cc3)ccc2c1. The maximum atomic E-state index is 5.16. The number of nitrogens with zero attached hydrogens (tertiary/aromatic N) is 9. The third-order valence-electron chi connectivity index (χ3n) is 27.7. The van der Waals surface area contributed by atoms with Gasteiger partial charge in [0.2, 0.25) is 0 Å². The van der Waals surface area contributed by atoms with Crippen molar-refractivity contribution in [2.24, 2.45) is 0 Å². The topological polar surface area (TPSA) is 116 Å². The Morgan fingerprint density at radius 1 is 0.0676 bits per heavy atom. The second-order valence-corrected chi connectivity index (χ2v) is 37.2. The normalized spacial score (nSPS) is 11.2. The lowest BCUT2D eigenvalue weighted by Gasteiger charge is -2.12. The smallest absolute Gasteiger partial charge is 0.164 e. The molecule has 0 aliphatic carbocycles. The van der Waals surface area contributed by atoms with Crippen molar-refractivity contribution in [3.8, 4) is 192 Å². The van der Waals surface area contributed by atoms with Crippen molar-refractivity contribution in [1.29, 1.82) is 0 Å². The van der Waals surface area contributed by atoms with Gasteiger partial charge in [-0.05, 0) is 225 Å². The van der Waals surface area contributed by atoms with E-state index in [9.17, 15) is 0 Å². The fourth-order valence-electron chi connectivity index (χ4n) is 19.7. The van der Waals surface area contributed by atoms with Crippen LogP contribution in [0.1, 0.15) is 0 Å². The second-order valence-electron chi connectivity index (χ2n) is 37.2. The van der Waals surface area contributed by atoms with Crippen LogP contribution in [0.4, 0.5) is 0 Å². The Bertz CT molecular complexity index is 8860. The second kappa shape index (κ2) is 40.3. The minimum atomic E-state index is 0.629. The van der Waals surface area contributed by atoms with Crippen molar-refractivity contribution in [3.05, 3.63) is 552 Å². The Morgan fingerprint density at radius 2 is 0.182 bits per heavy atom. The Kier molecular flexibility index (Phi) is 24.3. The molecule has 692 valence electrons. The molecule has 9 heteroatoms. The van der Waals surface area contributed by atoms with Gasteiger partial charge >= 0.3 is 0 Å². The van der Waals surface area contributed by atoms with E-state index in [1.807, 2.05) is 12.1 Å². The van der Waals surface area contributed by atoms with Gasteiger partial charge in [0.25, 0.3) is 0 Å². The Balaban J connectivity index is 0.000000117. The van der Waals surface area contributed by atoms with Crippen LogP contribution >= 0.6 is 0 Å². The molecule has 0 aliphatic heterocycles. The first-order valence-corrected chi connectivity index (χ1v) is 49.9. The minimum Gasteiger partial charge on any atom is -0.208 e. The average molecular weight is 1890 g/mol.